The van der Waals surface area contributed by atoms with E-state index in [9.17, 15) is 14.7 Å². The fourth-order valence-electron chi connectivity index (χ4n) is 6.54. The third-order valence-corrected chi connectivity index (χ3v) is 9.96. The Morgan fingerprint density at radius 1 is 0.844 bits per heavy atom. The number of ketones is 1. The number of piperidine rings is 1. The van der Waals surface area contributed by atoms with Gasteiger partial charge in [0.15, 0.2) is 5.78 Å². The first-order valence-electron chi connectivity index (χ1n) is 15.8. The number of carboxylic acid groups (broad SMARTS) is 1. The second kappa shape index (κ2) is 16.9. The van der Waals surface area contributed by atoms with Gasteiger partial charge in [0.25, 0.3) is 0 Å². The van der Waals surface area contributed by atoms with E-state index in [0.29, 0.717) is 12.3 Å². The van der Waals surface area contributed by atoms with Crippen LogP contribution in [0.25, 0.3) is 0 Å². The number of hydrogen-bond acceptors (Lipinski definition) is 4. The number of rotatable bonds is 11. The largest absolute Gasteiger partial charge is 0.481 e. The quantitative estimate of drug-likeness (QED) is 0.207. The first-order chi connectivity index (χ1) is 20.7. The van der Waals surface area contributed by atoms with Crippen LogP contribution in [0.4, 0.5) is 0 Å². The van der Waals surface area contributed by atoms with Crippen molar-refractivity contribution in [1.29, 1.82) is 0 Å². The van der Waals surface area contributed by atoms with E-state index in [4.69, 9.17) is 11.6 Å². The van der Waals surface area contributed by atoms with E-state index in [1.165, 1.54) is 29.5 Å². The number of Topliss-reactive ketones (excluding diaryl/α,β-unsaturated/α-hetero) is 1. The third kappa shape index (κ3) is 9.79. The van der Waals surface area contributed by atoms with Crippen LogP contribution in [0, 0.1) is 5.92 Å². The Bertz CT molecular complexity index is 1440. The second-order valence-electron chi connectivity index (χ2n) is 13.0. The lowest BCUT2D eigenvalue weighted by Crippen LogP contribution is -2.33. The molecule has 0 unspecified atom stereocenters. The fraction of sp³-hybridized carbons (Fsp3) is 0.459. The minimum absolute atomic E-state index is 0. The maximum atomic E-state index is 13.1. The van der Waals surface area contributed by atoms with Gasteiger partial charge in [-0.2, -0.15) is 0 Å². The van der Waals surface area contributed by atoms with Crippen LogP contribution in [0.5, 0.6) is 0 Å². The van der Waals surface area contributed by atoms with Crippen molar-refractivity contribution < 1.29 is 14.7 Å². The van der Waals surface area contributed by atoms with E-state index >= 15 is 0 Å². The van der Waals surface area contributed by atoms with Crippen LogP contribution in [0.15, 0.2) is 66.7 Å². The zero-order chi connectivity index (χ0) is 30.4. The number of carbonyl (C=O) groups excluding carboxylic acids is 1. The van der Waals surface area contributed by atoms with E-state index in [-0.39, 0.29) is 30.6 Å². The molecule has 3 aromatic rings. The molecule has 5 nitrogen and oxygen atoms in total. The predicted molar refractivity (Wildman–Crippen MR) is 188 cm³/mol. The van der Waals surface area contributed by atoms with Gasteiger partial charge in [-0.3, -0.25) is 19.4 Å². The molecule has 0 radical (unpaired) electrons. The van der Waals surface area contributed by atoms with Crippen molar-refractivity contribution in [1.82, 2.24) is 9.80 Å². The summed E-state index contributed by atoms with van der Waals surface area (Å²) in [4.78, 5) is 29.8. The molecule has 1 fully saturated rings. The topological polar surface area (TPSA) is 60.9 Å². The summed E-state index contributed by atoms with van der Waals surface area (Å²) in [5, 5.41) is 10.5. The number of likely N-dealkylation sites (tertiary alicyclic amines) is 1. The van der Waals surface area contributed by atoms with Crippen LogP contribution in [-0.4, -0.2) is 52.8 Å². The van der Waals surface area contributed by atoms with Crippen LogP contribution < -0.4 is 0 Å². The minimum Gasteiger partial charge on any atom is -0.481 e. The van der Waals surface area contributed by atoms with Gasteiger partial charge in [0.2, 0.25) is 0 Å². The Labute approximate surface area is 286 Å². The molecule has 244 valence electrons. The zero-order valence-corrected chi connectivity index (χ0v) is 28.9. The molecule has 2 aliphatic rings. The molecule has 0 aromatic heterocycles. The number of fused-ring (bicyclic) bond motifs is 1. The zero-order valence-electron chi connectivity index (χ0n) is 26.5. The van der Waals surface area contributed by atoms with Crippen molar-refractivity contribution in [3.8, 4) is 0 Å². The van der Waals surface area contributed by atoms with Crippen LogP contribution in [0.1, 0.15) is 84.1 Å². The summed E-state index contributed by atoms with van der Waals surface area (Å²) in [5.74, 6) is 0.147. The van der Waals surface area contributed by atoms with Crippen LogP contribution in [-0.2, 0) is 36.1 Å². The smallest absolute Gasteiger partial charge is 0.313 e. The monoisotopic (exact) mass is 672 g/mol. The Morgan fingerprint density at radius 3 is 2.24 bits per heavy atom. The van der Waals surface area contributed by atoms with Gasteiger partial charge in [-0.05, 0) is 111 Å². The summed E-state index contributed by atoms with van der Waals surface area (Å²) >= 11 is 6.35. The molecule has 0 spiro atoms. The molecule has 0 bridgehead atoms. The normalized spacial score (nSPS) is 16.2. The number of benzene rings is 3. The predicted octanol–water partition coefficient (Wildman–Crippen LogP) is 8.41. The molecular formula is C37H47Cl3N2O3. The van der Waals surface area contributed by atoms with Crippen LogP contribution in [0.2, 0.25) is 5.02 Å². The lowest BCUT2D eigenvalue weighted by Gasteiger charge is -2.32. The summed E-state index contributed by atoms with van der Waals surface area (Å²) in [5.41, 5.74) is 5.74. The average molecular weight is 674 g/mol. The van der Waals surface area contributed by atoms with Gasteiger partial charge >= 0.3 is 5.97 Å². The lowest BCUT2D eigenvalue weighted by atomic mass is 9.84. The maximum Gasteiger partial charge on any atom is 0.313 e. The standard InChI is InChI=1S/C37H45ClN2O3.2ClH/c1-37(2,36(42)43)33-10-5-8-28(23-33)25-39-21-17-29-13-14-31(24-30(29)18-22-39)35(41)12-6-7-27-15-19-40(20-16-27)26-32-9-3-4-11-34(32)38;;/h3-5,8-11,13-14,23-24,27H,6-7,12,15-22,25-26H2,1-2H3,(H,42,43);2*1H. The first kappa shape index (κ1) is 37.1. The number of halogens is 3. The molecule has 0 atom stereocenters. The van der Waals surface area contributed by atoms with Gasteiger partial charge in [0.1, 0.15) is 0 Å². The maximum absolute atomic E-state index is 13.1. The van der Waals surface area contributed by atoms with Crippen molar-refractivity contribution in [3.05, 3.63) is 105 Å². The molecule has 0 amide bonds. The molecule has 2 aliphatic heterocycles. The van der Waals surface area contributed by atoms with E-state index in [1.54, 1.807) is 13.8 Å². The average Bonchev–Trinajstić information content (AvgIpc) is 3.21. The Morgan fingerprint density at radius 2 is 1.53 bits per heavy atom. The molecule has 1 N–H and O–H groups in total. The molecule has 3 aromatic carbocycles. The van der Waals surface area contributed by atoms with Crippen molar-refractivity contribution in [3.63, 3.8) is 0 Å². The van der Waals surface area contributed by atoms with Gasteiger partial charge < -0.3 is 5.11 Å². The summed E-state index contributed by atoms with van der Waals surface area (Å²) < 4.78 is 0. The number of carbonyl (C=O) groups is 2. The summed E-state index contributed by atoms with van der Waals surface area (Å²) in [6, 6.07) is 22.4. The molecule has 5 rings (SSSR count). The molecule has 45 heavy (non-hydrogen) atoms. The highest BCUT2D eigenvalue weighted by Crippen LogP contribution is 2.28. The summed E-state index contributed by atoms with van der Waals surface area (Å²) in [6.45, 7) is 9.28. The highest BCUT2D eigenvalue weighted by molar-refractivity contribution is 6.31. The number of nitrogens with zero attached hydrogens (tertiary/aromatic N) is 2. The molecular weight excluding hydrogens is 627 g/mol. The summed E-state index contributed by atoms with van der Waals surface area (Å²) in [6.07, 6.45) is 6.95. The van der Waals surface area contributed by atoms with E-state index < -0.39 is 11.4 Å². The van der Waals surface area contributed by atoms with Gasteiger partial charge in [0, 0.05) is 43.2 Å². The van der Waals surface area contributed by atoms with Crippen molar-refractivity contribution in [2.45, 2.75) is 77.3 Å². The summed E-state index contributed by atoms with van der Waals surface area (Å²) in [7, 11) is 0. The highest BCUT2D eigenvalue weighted by Gasteiger charge is 2.29. The van der Waals surface area contributed by atoms with Crippen molar-refractivity contribution >= 4 is 48.2 Å². The van der Waals surface area contributed by atoms with Crippen LogP contribution in [0.3, 0.4) is 0 Å². The number of hydrogen-bond donors (Lipinski definition) is 1. The molecule has 0 aliphatic carbocycles. The van der Waals surface area contributed by atoms with E-state index in [0.717, 1.165) is 86.7 Å². The molecule has 0 saturated carbocycles. The second-order valence-corrected chi connectivity index (χ2v) is 13.4. The van der Waals surface area contributed by atoms with Crippen molar-refractivity contribution in [2.24, 2.45) is 5.92 Å². The SMILES string of the molecule is CC(C)(C(=O)O)c1cccc(CN2CCc3ccc(C(=O)CCCC4CCN(Cc5ccccc5Cl)CC4)cc3CC2)c1.Cl.Cl. The van der Waals surface area contributed by atoms with E-state index in [2.05, 4.69) is 40.1 Å². The van der Waals surface area contributed by atoms with Gasteiger partial charge in [0.05, 0.1) is 5.41 Å². The molecule has 8 heteroatoms. The first-order valence-corrected chi connectivity index (χ1v) is 16.2. The number of aliphatic carboxylic acids is 1. The van der Waals surface area contributed by atoms with Gasteiger partial charge in [-0.25, -0.2) is 0 Å². The Balaban J connectivity index is 0.00000276. The van der Waals surface area contributed by atoms with Crippen molar-refractivity contribution in [2.75, 3.05) is 26.2 Å². The van der Waals surface area contributed by atoms with Gasteiger partial charge in [-0.15, -0.1) is 24.8 Å². The highest BCUT2D eigenvalue weighted by atomic mass is 35.5. The fourth-order valence-corrected chi connectivity index (χ4v) is 6.74. The molecule has 2 heterocycles. The third-order valence-electron chi connectivity index (χ3n) is 9.59. The van der Waals surface area contributed by atoms with Gasteiger partial charge in [-0.1, -0.05) is 66.2 Å². The minimum atomic E-state index is -0.913. The Hall–Kier alpha value is -2.41. The lowest BCUT2D eigenvalue weighted by molar-refractivity contribution is -0.142. The number of carboxylic acids is 1. The van der Waals surface area contributed by atoms with E-state index in [1.807, 2.05) is 36.4 Å². The molecule has 1 saturated heterocycles. The Kier molecular flexibility index (Phi) is 14.0. The van der Waals surface area contributed by atoms with Crippen LogP contribution >= 0.6 is 36.4 Å².